The maximum Gasteiger partial charge on any atom is 0.0426 e. The van der Waals surface area contributed by atoms with E-state index in [0.29, 0.717) is 12.1 Å². The number of halogens is 1. The predicted octanol–water partition coefficient (Wildman–Crippen LogP) is 2.53. The molecule has 1 saturated heterocycles. The number of anilines is 1. The molecule has 2 rings (SSSR count). The Morgan fingerprint density at radius 1 is 1.40 bits per heavy atom. The molecule has 2 atom stereocenters. The van der Waals surface area contributed by atoms with Gasteiger partial charge in [0, 0.05) is 35.9 Å². The second-order valence-corrected chi connectivity index (χ2v) is 4.59. The van der Waals surface area contributed by atoms with Crippen molar-refractivity contribution in [1.29, 1.82) is 0 Å². The predicted molar refractivity (Wildman–Crippen MR) is 65.7 cm³/mol. The Morgan fingerprint density at radius 2 is 2.20 bits per heavy atom. The molecule has 1 aliphatic heterocycles. The summed E-state index contributed by atoms with van der Waals surface area (Å²) >= 11 is 6.01. The topological polar surface area (TPSA) is 15.3 Å². The molecule has 1 N–H and O–H groups in total. The highest BCUT2D eigenvalue weighted by Gasteiger charge is 2.24. The molecule has 0 unspecified atom stereocenters. The molecular weight excluding hydrogens is 208 g/mol. The summed E-state index contributed by atoms with van der Waals surface area (Å²) < 4.78 is 0. The zero-order chi connectivity index (χ0) is 10.8. The zero-order valence-electron chi connectivity index (χ0n) is 9.20. The molecule has 0 saturated carbocycles. The van der Waals surface area contributed by atoms with Crippen LogP contribution in [0.2, 0.25) is 5.02 Å². The number of benzene rings is 1. The molecule has 15 heavy (non-hydrogen) atoms. The Balaban J connectivity index is 2.22. The second-order valence-electron chi connectivity index (χ2n) is 4.16. The van der Waals surface area contributed by atoms with Crippen LogP contribution in [0.4, 0.5) is 5.69 Å². The normalized spacial score (nSPS) is 26.7. The Kier molecular flexibility index (Phi) is 3.17. The lowest BCUT2D eigenvalue weighted by molar-refractivity contribution is 0.404. The fraction of sp³-hybridized carbons (Fsp3) is 0.500. The molecule has 1 fully saturated rings. The molecular formula is C12H17ClN2. The van der Waals surface area contributed by atoms with Gasteiger partial charge < -0.3 is 10.2 Å². The lowest BCUT2D eigenvalue weighted by Crippen LogP contribution is -2.55. The van der Waals surface area contributed by atoms with Gasteiger partial charge in [-0.1, -0.05) is 17.7 Å². The van der Waals surface area contributed by atoms with Gasteiger partial charge in [-0.25, -0.2) is 0 Å². The van der Waals surface area contributed by atoms with Crippen LogP contribution in [-0.4, -0.2) is 25.2 Å². The fourth-order valence-corrected chi connectivity index (χ4v) is 2.26. The minimum atomic E-state index is 0.511. The number of piperazine rings is 1. The smallest absolute Gasteiger partial charge is 0.0426 e. The summed E-state index contributed by atoms with van der Waals surface area (Å²) in [5, 5.41) is 4.28. The standard InChI is InChI=1S/C12H17ClN2/c1-9-10(2)15(7-6-14-9)12-5-3-4-11(13)8-12/h3-5,8-10,14H,6-7H2,1-2H3/t9-,10-/m0/s1. The summed E-state index contributed by atoms with van der Waals surface area (Å²) in [6, 6.07) is 9.13. The molecule has 3 heteroatoms. The molecule has 1 aromatic carbocycles. The van der Waals surface area contributed by atoms with Crippen LogP contribution in [0.5, 0.6) is 0 Å². The first-order chi connectivity index (χ1) is 7.18. The monoisotopic (exact) mass is 224 g/mol. The van der Waals surface area contributed by atoms with Crippen molar-refractivity contribution in [2.45, 2.75) is 25.9 Å². The average Bonchev–Trinajstić information content (AvgIpc) is 2.22. The van der Waals surface area contributed by atoms with Crippen LogP contribution < -0.4 is 10.2 Å². The highest BCUT2D eigenvalue weighted by atomic mass is 35.5. The minimum Gasteiger partial charge on any atom is -0.366 e. The van der Waals surface area contributed by atoms with Crippen LogP contribution in [0.1, 0.15) is 13.8 Å². The fourth-order valence-electron chi connectivity index (χ4n) is 2.08. The van der Waals surface area contributed by atoms with Crippen LogP contribution in [0.25, 0.3) is 0 Å². The SMILES string of the molecule is C[C@@H]1NCCN(c2cccc(Cl)c2)[C@H]1C. The highest BCUT2D eigenvalue weighted by Crippen LogP contribution is 2.23. The van der Waals surface area contributed by atoms with Gasteiger partial charge in [-0.05, 0) is 32.0 Å². The van der Waals surface area contributed by atoms with Gasteiger partial charge in [0.25, 0.3) is 0 Å². The molecule has 0 spiro atoms. The molecule has 0 aliphatic carbocycles. The highest BCUT2D eigenvalue weighted by molar-refractivity contribution is 6.30. The van der Waals surface area contributed by atoms with Crippen molar-refractivity contribution in [3.05, 3.63) is 29.3 Å². The van der Waals surface area contributed by atoms with E-state index in [9.17, 15) is 0 Å². The van der Waals surface area contributed by atoms with Gasteiger partial charge in [-0.3, -0.25) is 0 Å². The maximum absolute atomic E-state index is 6.01. The van der Waals surface area contributed by atoms with Crippen molar-refractivity contribution in [3.63, 3.8) is 0 Å². The number of hydrogen-bond donors (Lipinski definition) is 1. The van der Waals surface area contributed by atoms with Crippen molar-refractivity contribution >= 4 is 17.3 Å². The average molecular weight is 225 g/mol. The van der Waals surface area contributed by atoms with Gasteiger partial charge in [-0.2, -0.15) is 0 Å². The van der Waals surface area contributed by atoms with Gasteiger partial charge in [-0.15, -0.1) is 0 Å². The Morgan fingerprint density at radius 3 is 2.93 bits per heavy atom. The number of nitrogens with one attached hydrogen (secondary N) is 1. The molecule has 0 radical (unpaired) electrons. The van der Waals surface area contributed by atoms with Crippen molar-refractivity contribution in [1.82, 2.24) is 5.32 Å². The van der Waals surface area contributed by atoms with Gasteiger partial charge >= 0.3 is 0 Å². The minimum absolute atomic E-state index is 0.511. The largest absolute Gasteiger partial charge is 0.366 e. The zero-order valence-corrected chi connectivity index (χ0v) is 9.96. The third-order valence-corrected chi connectivity index (χ3v) is 3.41. The number of hydrogen-bond acceptors (Lipinski definition) is 2. The van der Waals surface area contributed by atoms with E-state index < -0.39 is 0 Å². The molecule has 0 bridgehead atoms. The molecule has 2 nitrogen and oxygen atoms in total. The van der Waals surface area contributed by atoms with Crippen LogP contribution in [0, 0.1) is 0 Å². The number of nitrogens with zero attached hydrogens (tertiary/aromatic N) is 1. The Bertz CT molecular complexity index is 340. The molecule has 0 amide bonds. The van der Waals surface area contributed by atoms with E-state index in [2.05, 4.69) is 30.1 Å². The van der Waals surface area contributed by atoms with E-state index in [1.54, 1.807) is 0 Å². The van der Waals surface area contributed by atoms with Gasteiger partial charge in [0.2, 0.25) is 0 Å². The van der Waals surface area contributed by atoms with Crippen molar-refractivity contribution in [2.75, 3.05) is 18.0 Å². The van der Waals surface area contributed by atoms with Gasteiger partial charge in [0.05, 0.1) is 0 Å². The Labute approximate surface area is 96.2 Å². The van der Waals surface area contributed by atoms with E-state index in [0.717, 1.165) is 18.1 Å². The van der Waals surface area contributed by atoms with Crippen LogP contribution in [0.3, 0.4) is 0 Å². The summed E-state index contributed by atoms with van der Waals surface area (Å²) in [5.41, 5.74) is 1.23. The summed E-state index contributed by atoms with van der Waals surface area (Å²) in [7, 11) is 0. The maximum atomic E-state index is 6.01. The third-order valence-electron chi connectivity index (χ3n) is 3.17. The molecule has 1 heterocycles. The van der Waals surface area contributed by atoms with Crippen molar-refractivity contribution in [3.8, 4) is 0 Å². The van der Waals surface area contributed by atoms with E-state index in [-0.39, 0.29) is 0 Å². The first kappa shape index (κ1) is 10.8. The van der Waals surface area contributed by atoms with Gasteiger partial charge in [0.1, 0.15) is 0 Å². The van der Waals surface area contributed by atoms with Crippen LogP contribution in [-0.2, 0) is 0 Å². The first-order valence-corrected chi connectivity index (χ1v) is 5.82. The van der Waals surface area contributed by atoms with Crippen molar-refractivity contribution in [2.24, 2.45) is 0 Å². The lowest BCUT2D eigenvalue weighted by Gasteiger charge is -2.40. The third kappa shape index (κ3) is 2.27. The van der Waals surface area contributed by atoms with Gasteiger partial charge in [0.15, 0.2) is 0 Å². The molecule has 1 aromatic rings. The van der Waals surface area contributed by atoms with E-state index in [4.69, 9.17) is 11.6 Å². The van der Waals surface area contributed by atoms with Crippen LogP contribution >= 0.6 is 11.6 Å². The lowest BCUT2D eigenvalue weighted by atomic mass is 10.1. The van der Waals surface area contributed by atoms with E-state index in [1.807, 2.05) is 18.2 Å². The molecule has 1 aliphatic rings. The quantitative estimate of drug-likeness (QED) is 0.789. The van der Waals surface area contributed by atoms with Crippen molar-refractivity contribution < 1.29 is 0 Å². The summed E-state index contributed by atoms with van der Waals surface area (Å²) in [6.45, 7) is 6.56. The van der Waals surface area contributed by atoms with E-state index in [1.165, 1.54) is 5.69 Å². The second kappa shape index (κ2) is 4.42. The number of rotatable bonds is 1. The first-order valence-electron chi connectivity index (χ1n) is 5.44. The Hall–Kier alpha value is -0.730. The molecule has 0 aromatic heterocycles. The summed E-state index contributed by atoms with van der Waals surface area (Å²) in [5.74, 6) is 0. The summed E-state index contributed by atoms with van der Waals surface area (Å²) in [6.07, 6.45) is 0. The summed E-state index contributed by atoms with van der Waals surface area (Å²) in [4.78, 5) is 2.41. The molecule has 82 valence electrons. The van der Waals surface area contributed by atoms with Crippen LogP contribution in [0.15, 0.2) is 24.3 Å². The van der Waals surface area contributed by atoms with E-state index >= 15 is 0 Å².